The lowest BCUT2D eigenvalue weighted by molar-refractivity contribution is -0.131. The monoisotopic (exact) mass is 380 g/mol. The molecule has 1 heterocycles. The minimum atomic E-state index is -0.712. The van der Waals surface area contributed by atoms with Gasteiger partial charge < -0.3 is 9.64 Å². The van der Waals surface area contributed by atoms with Crippen LogP contribution in [0.1, 0.15) is 48.4 Å². The first-order valence-electron chi connectivity index (χ1n) is 9.54. The van der Waals surface area contributed by atoms with Crippen LogP contribution >= 0.6 is 0 Å². The van der Waals surface area contributed by atoms with E-state index in [0.717, 1.165) is 11.1 Å². The van der Waals surface area contributed by atoms with Gasteiger partial charge in [-0.3, -0.25) is 10.1 Å². The maximum atomic E-state index is 13.1. The lowest BCUT2D eigenvalue weighted by Gasteiger charge is -2.32. The van der Waals surface area contributed by atoms with Crippen LogP contribution in [0.25, 0.3) is 0 Å². The van der Waals surface area contributed by atoms with Crippen molar-refractivity contribution in [2.24, 2.45) is 5.41 Å². The van der Waals surface area contributed by atoms with Crippen molar-refractivity contribution >= 4 is 11.9 Å². The average Bonchev–Trinajstić information content (AvgIpc) is 2.96. The Labute approximate surface area is 166 Å². The summed E-state index contributed by atoms with van der Waals surface area (Å²) in [6.45, 7) is 8.20. The van der Waals surface area contributed by atoms with E-state index in [0.29, 0.717) is 5.56 Å². The highest BCUT2D eigenvalue weighted by Gasteiger charge is 2.47. The molecule has 1 fully saturated rings. The molecule has 0 saturated carbocycles. The third-order valence-electron chi connectivity index (χ3n) is 5.20. The van der Waals surface area contributed by atoms with Gasteiger partial charge in [0.05, 0.1) is 11.7 Å². The van der Waals surface area contributed by atoms with Crippen LogP contribution in [-0.4, -0.2) is 36.0 Å². The van der Waals surface area contributed by atoms with E-state index in [4.69, 9.17) is 4.74 Å². The quantitative estimate of drug-likeness (QED) is 0.822. The fraction of sp³-hybridized carbons (Fsp3) is 0.391. The molecule has 5 nitrogen and oxygen atoms in total. The van der Waals surface area contributed by atoms with E-state index in [1.807, 2.05) is 37.3 Å². The Bertz CT molecular complexity index is 858. The molecule has 0 aliphatic carbocycles. The summed E-state index contributed by atoms with van der Waals surface area (Å²) in [6, 6.07) is 15.9. The minimum absolute atomic E-state index is 0.0750. The van der Waals surface area contributed by atoms with Crippen LogP contribution in [0.5, 0.6) is 0 Å². The standard InChI is InChI=1S/C23H28N2O3/c1-15-11-9-10-14-17(15)19(28-21(27)16-12-7-6-8-13-16)18-20(26)25(5)22(24-18)23(2,3)4/h6-14,18-19,22,24H,1-5H3/t18-,19+,22+/m0/s1. The van der Waals surface area contributed by atoms with Crippen LogP contribution in [0.2, 0.25) is 0 Å². The highest BCUT2D eigenvalue weighted by molar-refractivity contribution is 5.90. The van der Waals surface area contributed by atoms with Crippen LogP contribution in [-0.2, 0) is 9.53 Å². The number of carbonyl (C=O) groups excluding carboxylic acids is 2. The smallest absolute Gasteiger partial charge is 0.338 e. The maximum absolute atomic E-state index is 13.1. The van der Waals surface area contributed by atoms with E-state index >= 15 is 0 Å². The number of rotatable bonds is 4. The van der Waals surface area contributed by atoms with E-state index in [1.54, 1.807) is 36.2 Å². The van der Waals surface area contributed by atoms with Crippen molar-refractivity contribution in [1.29, 1.82) is 0 Å². The van der Waals surface area contributed by atoms with Gasteiger partial charge in [-0.05, 0) is 35.6 Å². The summed E-state index contributed by atoms with van der Waals surface area (Å²) >= 11 is 0. The second kappa shape index (κ2) is 7.76. The molecule has 3 atom stereocenters. The number of nitrogens with zero attached hydrogens (tertiary/aromatic N) is 1. The highest BCUT2D eigenvalue weighted by Crippen LogP contribution is 2.34. The lowest BCUT2D eigenvalue weighted by atomic mass is 9.92. The van der Waals surface area contributed by atoms with Crippen LogP contribution in [0.15, 0.2) is 54.6 Å². The van der Waals surface area contributed by atoms with Gasteiger partial charge in [0.1, 0.15) is 6.04 Å². The van der Waals surface area contributed by atoms with Crippen molar-refractivity contribution in [3.8, 4) is 0 Å². The second-order valence-electron chi connectivity index (χ2n) is 8.41. The fourth-order valence-corrected chi connectivity index (χ4v) is 3.72. The van der Waals surface area contributed by atoms with Crippen LogP contribution < -0.4 is 5.32 Å². The molecule has 2 aromatic carbocycles. The largest absolute Gasteiger partial charge is 0.452 e. The fourth-order valence-electron chi connectivity index (χ4n) is 3.72. The summed E-state index contributed by atoms with van der Waals surface area (Å²) < 4.78 is 5.92. The second-order valence-corrected chi connectivity index (χ2v) is 8.41. The zero-order valence-electron chi connectivity index (χ0n) is 17.1. The van der Waals surface area contributed by atoms with E-state index < -0.39 is 18.1 Å². The molecule has 1 N–H and O–H groups in total. The van der Waals surface area contributed by atoms with Crippen LogP contribution in [0, 0.1) is 12.3 Å². The average molecular weight is 380 g/mol. The molecule has 1 amide bonds. The molecule has 0 radical (unpaired) electrons. The summed E-state index contributed by atoms with van der Waals surface area (Å²) in [4.78, 5) is 27.6. The summed E-state index contributed by atoms with van der Waals surface area (Å²) in [5, 5.41) is 3.41. The summed E-state index contributed by atoms with van der Waals surface area (Å²) in [5.41, 5.74) is 2.12. The molecule has 5 heteroatoms. The van der Waals surface area contributed by atoms with Gasteiger partial charge in [-0.2, -0.15) is 0 Å². The van der Waals surface area contributed by atoms with E-state index in [2.05, 4.69) is 26.1 Å². The molecule has 28 heavy (non-hydrogen) atoms. The maximum Gasteiger partial charge on any atom is 0.338 e. The van der Waals surface area contributed by atoms with Crippen molar-refractivity contribution < 1.29 is 14.3 Å². The first-order chi connectivity index (χ1) is 13.2. The molecule has 0 spiro atoms. The lowest BCUT2D eigenvalue weighted by Crippen LogP contribution is -2.46. The minimum Gasteiger partial charge on any atom is -0.452 e. The normalized spacial score (nSPS) is 20.9. The first-order valence-corrected chi connectivity index (χ1v) is 9.54. The van der Waals surface area contributed by atoms with Crippen molar-refractivity contribution in [1.82, 2.24) is 10.2 Å². The number of benzene rings is 2. The van der Waals surface area contributed by atoms with Gasteiger partial charge in [0, 0.05) is 7.05 Å². The summed E-state index contributed by atoms with van der Waals surface area (Å²) in [7, 11) is 1.79. The number of amides is 1. The van der Waals surface area contributed by atoms with Gasteiger partial charge in [0.25, 0.3) is 0 Å². The Balaban J connectivity index is 1.97. The number of hydrogen-bond donors (Lipinski definition) is 1. The van der Waals surface area contributed by atoms with Crippen molar-refractivity contribution in [3.05, 3.63) is 71.3 Å². The zero-order valence-corrected chi connectivity index (χ0v) is 17.1. The van der Waals surface area contributed by atoms with Crippen molar-refractivity contribution in [3.63, 3.8) is 0 Å². The third kappa shape index (κ3) is 3.94. The Hall–Kier alpha value is -2.66. The number of hydrogen-bond acceptors (Lipinski definition) is 4. The predicted molar refractivity (Wildman–Crippen MR) is 109 cm³/mol. The number of esters is 1. The molecule has 3 rings (SSSR count). The van der Waals surface area contributed by atoms with Crippen molar-refractivity contribution in [2.75, 3.05) is 7.05 Å². The molecule has 148 valence electrons. The Morgan fingerprint density at radius 3 is 2.25 bits per heavy atom. The van der Waals surface area contributed by atoms with E-state index in [9.17, 15) is 9.59 Å². The first kappa shape index (κ1) is 20.1. The summed E-state index contributed by atoms with van der Waals surface area (Å²) in [6.07, 6.45) is -0.858. The number of aryl methyl sites for hydroxylation is 1. The Morgan fingerprint density at radius 2 is 1.68 bits per heavy atom. The molecule has 2 aromatic rings. The molecular weight excluding hydrogens is 352 g/mol. The Morgan fingerprint density at radius 1 is 1.07 bits per heavy atom. The number of nitrogens with one attached hydrogen (secondary N) is 1. The molecule has 1 saturated heterocycles. The van der Waals surface area contributed by atoms with Gasteiger partial charge in [0.15, 0.2) is 6.10 Å². The van der Waals surface area contributed by atoms with Gasteiger partial charge in [0.2, 0.25) is 5.91 Å². The summed E-state index contributed by atoms with van der Waals surface area (Å²) in [5.74, 6) is -0.514. The predicted octanol–water partition coefficient (Wildman–Crippen LogP) is 3.70. The molecular formula is C23H28N2O3. The van der Waals surface area contributed by atoms with Gasteiger partial charge in [-0.15, -0.1) is 0 Å². The molecule has 0 aromatic heterocycles. The molecule has 1 aliphatic rings. The van der Waals surface area contributed by atoms with E-state index in [-0.39, 0.29) is 17.5 Å². The molecule has 0 bridgehead atoms. The molecule has 1 aliphatic heterocycles. The van der Waals surface area contributed by atoms with Gasteiger partial charge in [-0.25, -0.2) is 4.79 Å². The van der Waals surface area contributed by atoms with Crippen molar-refractivity contribution in [2.45, 2.75) is 46.0 Å². The number of carbonyl (C=O) groups is 2. The van der Waals surface area contributed by atoms with Crippen LogP contribution in [0.4, 0.5) is 0 Å². The van der Waals surface area contributed by atoms with E-state index in [1.165, 1.54) is 0 Å². The highest BCUT2D eigenvalue weighted by atomic mass is 16.5. The number of ether oxygens (including phenoxy) is 1. The van der Waals surface area contributed by atoms with Gasteiger partial charge in [-0.1, -0.05) is 63.2 Å². The Kier molecular flexibility index (Phi) is 5.57. The SMILES string of the molecule is Cc1ccccc1[C@@H](OC(=O)c1ccccc1)[C@@H]1N[C@@H](C(C)(C)C)N(C)C1=O. The molecule has 0 unspecified atom stereocenters. The zero-order chi connectivity index (χ0) is 20.5. The van der Waals surface area contributed by atoms with Crippen LogP contribution in [0.3, 0.4) is 0 Å². The number of likely N-dealkylation sites (N-methyl/N-ethyl adjacent to an activating group) is 1. The third-order valence-corrected chi connectivity index (χ3v) is 5.20. The van der Waals surface area contributed by atoms with Gasteiger partial charge >= 0.3 is 5.97 Å². The topological polar surface area (TPSA) is 58.6 Å².